The second kappa shape index (κ2) is 6.26. The molecule has 0 bridgehead atoms. The van der Waals surface area contributed by atoms with E-state index in [0.717, 1.165) is 0 Å². The third-order valence-corrected chi connectivity index (χ3v) is 4.57. The summed E-state index contributed by atoms with van der Waals surface area (Å²) in [5.74, 6) is 2.15. The quantitative estimate of drug-likeness (QED) is 0.797. The molecule has 1 aromatic carbocycles. The Balaban J connectivity index is 1.95. The minimum atomic E-state index is -3.66. The van der Waals surface area contributed by atoms with Gasteiger partial charge in [-0.05, 0) is 31.0 Å². The van der Waals surface area contributed by atoms with Gasteiger partial charge in [0.15, 0.2) is 0 Å². The highest BCUT2D eigenvalue weighted by Crippen LogP contribution is 2.20. The van der Waals surface area contributed by atoms with Crippen molar-refractivity contribution in [2.75, 3.05) is 18.4 Å². The van der Waals surface area contributed by atoms with Crippen LogP contribution in [0.25, 0.3) is 0 Å². The first-order valence-corrected chi connectivity index (χ1v) is 8.06. The van der Waals surface area contributed by atoms with E-state index < -0.39 is 10.2 Å². The number of hydrogen-bond acceptors (Lipinski definition) is 3. The van der Waals surface area contributed by atoms with Gasteiger partial charge in [-0.2, -0.15) is 12.7 Å². The van der Waals surface area contributed by atoms with Crippen LogP contribution in [0.3, 0.4) is 0 Å². The molecule has 7 heteroatoms. The largest absolute Gasteiger partial charge is 0.326 e. The van der Waals surface area contributed by atoms with E-state index in [4.69, 9.17) is 11.6 Å². The number of benzene rings is 1. The fraction of sp³-hybridized carbons (Fsp3) is 0.357. The third-order valence-electron chi connectivity index (χ3n) is 3.48. The summed E-state index contributed by atoms with van der Waals surface area (Å²) in [6.45, 7) is 0.530. The van der Waals surface area contributed by atoms with E-state index in [1.165, 1.54) is 4.31 Å². The molecule has 1 amide bonds. The van der Waals surface area contributed by atoms with E-state index in [1.54, 1.807) is 24.3 Å². The van der Waals surface area contributed by atoms with Crippen molar-refractivity contribution >= 4 is 21.8 Å². The van der Waals surface area contributed by atoms with Crippen LogP contribution in [0.2, 0.25) is 0 Å². The standard InChI is InChI=1S/C14H17N3O3S/c1-2-11-4-3-5-13(10-11)16-14(18)12-6-8-17(9-7-12)21(15,19)20/h1,3-5,10,12H,6-9H2,(H,16,18)(H2,15,19,20). The summed E-state index contributed by atoms with van der Waals surface area (Å²) < 4.78 is 23.6. The maximum atomic E-state index is 12.2. The molecule has 1 aliphatic rings. The van der Waals surface area contributed by atoms with Gasteiger partial charge in [-0.25, -0.2) is 5.14 Å². The molecule has 0 spiro atoms. The third kappa shape index (κ3) is 4.04. The summed E-state index contributed by atoms with van der Waals surface area (Å²) in [6.07, 6.45) is 6.22. The molecule has 21 heavy (non-hydrogen) atoms. The number of hydrogen-bond donors (Lipinski definition) is 2. The van der Waals surface area contributed by atoms with Gasteiger partial charge >= 0.3 is 0 Å². The number of amides is 1. The van der Waals surface area contributed by atoms with Crippen molar-refractivity contribution < 1.29 is 13.2 Å². The maximum absolute atomic E-state index is 12.2. The molecule has 0 aliphatic carbocycles. The number of carbonyl (C=O) groups is 1. The Morgan fingerprint density at radius 2 is 2.05 bits per heavy atom. The molecule has 0 unspecified atom stereocenters. The minimum Gasteiger partial charge on any atom is -0.326 e. The highest BCUT2D eigenvalue weighted by atomic mass is 32.2. The summed E-state index contributed by atoms with van der Waals surface area (Å²) in [5, 5.41) is 7.87. The van der Waals surface area contributed by atoms with E-state index in [0.29, 0.717) is 24.1 Å². The molecule has 1 saturated heterocycles. The molecule has 2 rings (SSSR count). The first kappa shape index (κ1) is 15.5. The van der Waals surface area contributed by atoms with Crippen molar-refractivity contribution in [1.82, 2.24) is 4.31 Å². The lowest BCUT2D eigenvalue weighted by molar-refractivity contribution is -0.120. The van der Waals surface area contributed by atoms with Crippen molar-refractivity contribution in [1.29, 1.82) is 0 Å². The number of piperidine rings is 1. The van der Waals surface area contributed by atoms with Gasteiger partial charge in [-0.1, -0.05) is 12.0 Å². The lowest BCUT2D eigenvalue weighted by Gasteiger charge is -2.29. The topological polar surface area (TPSA) is 92.5 Å². The van der Waals surface area contributed by atoms with Gasteiger partial charge in [0, 0.05) is 30.3 Å². The molecule has 0 saturated carbocycles. The SMILES string of the molecule is C#Cc1cccc(NC(=O)C2CCN(S(N)(=O)=O)CC2)c1. The van der Waals surface area contributed by atoms with Crippen LogP contribution in [0, 0.1) is 18.3 Å². The second-order valence-corrected chi connectivity index (χ2v) is 6.48. The van der Waals surface area contributed by atoms with Gasteiger partial charge in [0.1, 0.15) is 0 Å². The molecular formula is C14H17N3O3S. The monoisotopic (exact) mass is 307 g/mol. The van der Waals surface area contributed by atoms with Crippen molar-refractivity contribution in [3.8, 4) is 12.3 Å². The Hall–Kier alpha value is -1.88. The van der Waals surface area contributed by atoms with Crippen molar-refractivity contribution in [3.05, 3.63) is 29.8 Å². The van der Waals surface area contributed by atoms with Crippen LogP contribution in [0.4, 0.5) is 5.69 Å². The molecule has 1 aliphatic heterocycles. The highest BCUT2D eigenvalue weighted by molar-refractivity contribution is 7.86. The van der Waals surface area contributed by atoms with Gasteiger partial charge in [0.2, 0.25) is 5.91 Å². The molecule has 1 aromatic rings. The Bertz CT molecular complexity index is 671. The Morgan fingerprint density at radius 1 is 1.38 bits per heavy atom. The van der Waals surface area contributed by atoms with Crippen LogP contribution in [-0.4, -0.2) is 31.7 Å². The van der Waals surface area contributed by atoms with Gasteiger partial charge in [0.25, 0.3) is 10.2 Å². The number of nitrogens with one attached hydrogen (secondary N) is 1. The molecule has 3 N–H and O–H groups in total. The molecule has 112 valence electrons. The summed E-state index contributed by atoms with van der Waals surface area (Å²) in [5.41, 5.74) is 1.33. The summed E-state index contributed by atoms with van der Waals surface area (Å²) in [4.78, 5) is 12.2. The minimum absolute atomic E-state index is 0.127. The molecular weight excluding hydrogens is 290 g/mol. The van der Waals surface area contributed by atoms with Crippen LogP contribution < -0.4 is 10.5 Å². The van der Waals surface area contributed by atoms with Crippen molar-refractivity contribution in [2.45, 2.75) is 12.8 Å². The molecule has 0 radical (unpaired) electrons. The number of carbonyl (C=O) groups excluding carboxylic acids is 1. The fourth-order valence-electron chi connectivity index (χ4n) is 2.30. The Kier molecular flexibility index (Phi) is 4.63. The number of nitrogens with zero attached hydrogens (tertiary/aromatic N) is 1. The number of rotatable bonds is 3. The number of terminal acetylenes is 1. The lowest BCUT2D eigenvalue weighted by atomic mass is 9.97. The number of anilines is 1. The average Bonchev–Trinajstić information content (AvgIpc) is 2.46. The van der Waals surface area contributed by atoms with E-state index in [1.807, 2.05) is 0 Å². The predicted molar refractivity (Wildman–Crippen MR) is 80.4 cm³/mol. The van der Waals surface area contributed by atoms with Crippen molar-refractivity contribution in [2.24, 2.45) is 11.1 Å². The number of nitrogens with two attached hydrogens (primary N) is 1. The fourth-order valence-corrected chi connectivity index (χ4v) is 3.02. The average molecular weight is 307 g/mol. The first-order valence-electron chi connectivity index (χ1n) is 6.55. The summed E-state index contributed by atoms with van der Waals surface area (Å²) in [6, 6.07) is 7.03. The molecule has 1 heterocycles. The normalized spacial score (nSPS) is 17.1. The molecule has 0 aromatic heterocycles. The van der Waals surface area contributed by atoms with E-state index in [9.17, 15) is 13.2 Å². The van der Waals surface area contributed by atoms with Crippen LogP contribution in [-0.2, 0) is 15.0 Å². The van der Waals surface area contributed by atoms with Crippen LogP contribution >= 0.6 is 0 Å². The van der Waals surface area contributed by atoms with Crippen molar-refractivity contribution in [3.63, 3.8) is 0 Å². The van der Waals surface area contributed by atoms with E-state index >= 15 is 0 Å². The smallest absolute Gasteiger partial charge is 0.276 e. The van der Waals surface area contributed by atoms with E-state index in [-0.39, 0.29) is 24.9 Å². The van der Waals surface area contributed by atoms with Crippen LogP contribution in [0.15, 0.2) is 24.3 Å². The van der Waals surface area contributed by atoms with Gasteiger partial charge < -0.3 is 5.32 Å². The zero-order valence-corrected chi connectivity index (χ0v) is 12.3. The summed E-state index contributed by atoms with van der Waals surface area (Å²) in [7, 11) is -3.66. The van der Waals surface area contributed by atoms with Gasteiger partial charge in [-0.3, -0.25) is 4.79 Å². The second-order valence-electron chi connectivity index (χ2n) is 4.93. The maximum Gasteiger partial charge on any atom is 0.276 e. The van der Waals surface area contributed by atoms with Crippen LogP contribution in [0.1, 0.15) is 18.4 Å². The molecule has 1 fully saturated rings. The first-order chi connectivity index (χ1) is 9.90. The Labute approximate surface area is 124 Å². The summed E-state index contributed by atoms with van der Waals surface area (Å²) >= 11 is 0. The van der Waals surface area contributed by atoms with Gasteiger partial charge in [-0.15, -0.1) is 6.42 Å². The van der Waals surface area contributed by atoms with E-state index in [2.05, 4.69) is 11.2 Å². The van der Waals surface area contributed by atoms with Gasteiger partial charge in [0.05, 0.1) is 0 Å². The zero-order valence-electron chi connectivity index (χ0n) is 11.5. The molecule has 6 nitrogen and oxygen atoms in total. The Morgan fingerprint density at radius 3 is 2.62 bits per heavy atom. The molecule has 0 atom stereocenters. The lowest BCUT2D eigenvalue weighted by Crippen LogP contribution is -2.44. The predicted octanol–water partition coefficient (Wildman–Crippen LogP) is 0.522. The van der Waals surface area contributed by atoms with Crippen LogP contribution in [0.5, 0.6) is 0 Å². The zero-order chi connectivity index (χ0) is 15.5. The highest BCUT2D eigenvalue weighted by Gasteiger charge is 2.29.